The van der Waals surface area contributed by atoms with Crippen molar-refractivity contribution in [3.05, 3.63) is 35.4 Å². The molecule has 0 aromatic heterocycles. The van der Waals surface area contributed by atoms with Gasteiger partial charge < -0.3 is 9.64 Å². The van der Waals surface area contributed by atoms with Gasteiger partial charge in [-0.25, -0.2) is 8.78 Å². The number of carbonyl (C=O) groups is 1. The van der Waals surface area contributed by atoms with Crippen LogP contribution in [0.2, 0.25) is 0 Å². The van der Waals surface area contributed by atoms with E-state index in [1.807, 2.05) is 6.92 Å². The molecule has 3 nitrogen and oxygen atoms in total. The third-order valence-electron chi connectivity index (χ3n) is 3.46. The molecule has 5 heteroatoms. The van der Waals surface area contributed by atoms with Crippen LogP contribution in [0.15, 0.2) is 18.2 Å². The third kappa shape index (κ3) is 3.33. The minimum atomic E-state index is -0.807. The first kappa shape index (κ1) is 14.9. The van der Waals surface area contributed by atoms with Crippen LogP contribution < -0.4 is 0 Å². The Bertz CT molecular complexity index is 453. The quantitative estimate of drug-likeness (QED) is 0.831. The maximum Gasteiger partial charge on any atom is 0.259 e. The number of amides is 1. The Labute approximate surface area is 117 Å². The molecule has 0 spiro atoms. The molecule has 1 heterocycles. The summed E-state index contributed by atoms with van der Waals surface area (Å²) in [5.74, 6) is -1.94. The highest BCUT2D eigenvalue weighted by Gasteiger charge is 2.26. The molecular weight excluding hydrogens is 264 g/mol. The zero-order valence-electron chi connectivity index (χ0n) is 11.6. The number of ether oxygens (including phenoxy) is 1. The zero-order valence-corrected chi connectivity index (χ0v) is 11.6. The van der Waals surface area contributed by atoms with Gasteiger partial charge in [-0.05, 0) is 25.0 Å². The largest absolute Gasteiger partial charge is 0.381 e. The standard InChI is InChI=1S/C15H19F2NO2/c1-2-7-18(9-11-6-8-20-10-11)15(19)14-12(16)4-3-5-13(14)17/h3-5,11H,2,6-10H2,1H3. The molecule has 1 unspecified atom stereocenters. The molecule has 1 aromatic rings. The smallest absolute Gasteiger partial charge is 0.259 e. The van der Waals surface area contributed by atoms with Crippen LogP contribution in [-0.4, -0.2) is 37.1 Å². The molecule has 1 atom stereocenters. The van der Waals surface area contributed by atoms with E-state index in [0.717, 1.165) is 25.0 Å². The van der Waals surface area contributed by atoms with Crippen molar-refractivity contribution in [1.82, 2.24) is 4.90 Å². The second-order valence-corrected chi connectivity index (χ2v) is 5.08. The van der Waals surface area contributed by atoms with Crippen molar-refractivity contribution in [3.63, 3.8) is 0 Å². The van der Waals surface area contributed by atoms with Crippen LogP contribution in [0.5, 0.6) is 0 Å². The lowest BCUT2D eigenvalue weighted by molar-refractivity contribution is 0.0711. The van der Waals surface area contributed by atoms with Gasteiger partial charge in [0.05, 0.1) is 6.61 Å². The Morgan fingerprint density at radius 1 is 1.40 bits per heavy atom. The highest BCUT2D eigenvalue weighted by atomic mass is 19.1. The fourth-order valence-corrected chi connectivity index (χ4v) is 2.44. The third-order valence-corrected chi connectivity index (χ3v) is 3.46. The summed E-state index contributed by atoms with van der Waals surface area (Å²) >= 11 is 0. The number of hydrogen-bond acceptors (Lipinski definition) is 2. The van der Waals surface area contributed by atoms with Gasteiger partial charge in [0, 0.05) is 25.6 Å². The SMILES string of the molecule is CCCN(CC1CCOC1)C(=O)c1c(F)cccc1F. The van der Waals surface area contributed by atoms with Gasteiger partial charge in [0.1, 0.15) is 17.2 Å². The van der Waals surface area contributed by atoms with Crippen molar-refractivity contribution in [3.8, 4) is 0 Å². The lowest BCUT2D eigenvalue weighted by atomic mass is 10.1. The number of carbonyl (C=O) groups excluding carboxylic acids is 1. The molecule has 2 rings (SSSR count). The highest BCUT2D eigenvalue weighted by molar-refractivity contribution is 5.94. The van der Waals surface area contributed by atoms with Crippen LogP contribution in [0.3, 0.4) is 0 Å². The van der Waals surface area contributed by atoms with E-state index >= 15 is 0 Å². The Kier molecular flexibility index (Phi) is 5.06. The van der Waals surface area contributed by atoms with E-state index in [4.69, 9.17) is 4.74 Å². The Morgan fingerprint density at radius 2 is 2.10 bits per heavy atom. The van der Waals surface area contributed by atoms with Gasteiger partial charge in [-0.2, -0.15) is 0 Å². The van der Waals surface area contributed by atoms with E-state index in [1.165, 1.54) is 11.0 Å². The maximum atomic E-state index is 13.7. The molecule has 1 aliphatic heterocycles. The molecule has 1 aliphatic rings. The first-order chi connectivity index (χ1) is 9.63. The number of halogens is 2. The summed E-state index contributed by atoms with van der Waals surface area (Å²) in [4.78, 5) is 13.9. The molecule has 0 radical (unpaired) electrons. The van der Waals surface area contributed by atoms with Crippen LogP contribution in [0.25, 0.3) is 0 Å². The van der Waals surface area contributed by atoms with E-state index in [0.29, 0.717) is 26.3 Å². The topological polar surface area (TPSA) is 29.5 Å². The predicted molar refractivity (Wildman–Crippen MR) is 71.5 cm³/mol. The fraction of sp³-hybridized carbons (Fsp3) is 0.533. The van der Waals surface area contributed by atoms with E-state index < -0.39 is 23.1 Å². The van der Waals surface area contributed by atoms with Gasteiger partial charge in [0.2, 0.25) is 0 Å². The van der Waals surface area contributed by atoms with Crippen molar-refractivity contribution in [2.24, 2.45) is 5.92 Å². The van der Waals surface area contributed by atoms with Crippen LogP contribution in [-0.2, 0) is 4.74 Å². The summed E-state index contributed by atoms with van der Waals surface area (Å²) in [6.45, 7) is 4.20. The Morgan fingerprint density at radius 3 is 2.65 bits per heavy atom. The molecule has 1 amide bonds. The number of benzene rings is 1. The van der Waals surface area contributed by atoms with Crippen molar-refractivity contribution in [1.29, 1.82) is 0 Å². The van der Waals surface area contributed by atoms with Gasteiger partial charge >= 0.3 is 0 Å². The first-order valence-corrected chi connectivity index (χ1v) is 6.94. The Balaban J connectivity index is 2.17. The molecule has 0 bridgehead atoms. The predicted octanol–water partition coefficient (Wildman–Crippen LogP) is 2.85. The minimum absolute atomic E-state index is 0.250. The van der Waals surface area contributed by atoms with Gasteiger partial charge in [0.15, 0.2) is 0 Å². The van der Waals surface area contributed by atoms with Gasteiger partial charge in [-0.15, -0.1) is 0 Å². The molecular formula is C15H19F2NO2. The monoisotopic (exact) mass is 283 g/mol. The summed E-state index contributed by atoms with van der Waals surface area (Å²) in [5.41, 5.74) is -0.458. The van der Waals surface area contributed by atoms with E-state index in [9.17, 15) is 13.6 Å². The van der Waals surface area contributed by atoms with Crippen LogP contribution in [0.4, 0.5) is 8.78 Å². The number of nitrogens with zero attached hydrogens (tertiary/aromatic N) is 1. The molecule has 1 fully saturated rings. The number of hydrogen-bond donors (Lipinski definition) is 0. The van der Waals surface area contributed by atoms with Crippen LogP contribution in [0, 0.1) is 17.6 Å². The van der Waals surface area contributed by atoms with Gasteiger partial charge in [-0.1, -0.05) is 13.0 Å². The lowest BCUT2D eigenvalue weighted by Gasteiger charge is -2.25. The fourth-order valence-electron chi connectivity index (χ4n) is 2.44. The summed E-state index contributed by atoms with van der Waals surface area (Å²) in [7, 11) is 0. The average Bonchev–Trinajstić information content (AvgIpc) is 2.91. The second kappa shape index (κ2) is 6.79. The van der Waals surface area contributed by atoms with Gasteiger partial charge in [-0.3, -0.25) is 4.79 Å². The summed E-state index contributed by atoms with van der Waals surface area (Å²) < 4.78 is 32.7. The highest BCUT2D eigenvalue weighted by Crippen LogP contribution is 2.19. The normalized spacial score (nSPS) is 18.2. The van der Waals surface area contributed by atoms with Crippen molar-refractivity contribution >= 4 is 5.91 Å². The summed E-state index contributed by atoms with van der Waals surface area (Å²) in [6.07, 6.45) is 1.63. The minimum Gasteiger partial charge on any atom is -0.381 e. The molecule has 0 aliphatic carbocycles. The van der Waals surface area contributed by atoms with Gasteiger partial charge in [0.25, 0.3) is 5.91 Å². The van der Waals surface area contributed by atoms with E-state index in [-0.39, 0.29) is 5.92 Å². The Hall–Kier alpha value is -1.49. The molecule has 20 heavy (non-hydrogen) atoms. The van der Waals surface area contributed by atoms with E-state index in [2.05, 4.69) is 0 Å². The van der Waals surface area contributed by atoms with Crippen molar-refractivity contribution in [2.75, 3.05) is 26.3 Å². The first-order valence-electron chi connectivity index (χ1n) is 6.94. The zero-order chi connectivity index (χ0) is 14.5. The molecule has 0 saturated carbocycles. The van der Waals surface area contributed by atoms with Crippen molar-refractivity contribution < 1.29 is 18.3 Å². The second-order valence-electron chi connectivity index (χ2n) is 5.08. The summed E-state index contributed by atoms with van der Waals surface area (Å²) in [5, 5.41) is 0. The number of rotatable bonds is 5. The molecule has 1 aromatic carbocycles. The van der Waals surface area contributed by atoms with Crippen LogP contribution >= 0.6 is 0 Å². The average molecular weight is 283 g/mol. The summed E-state index contributed by atoms with van der Waals surface area (Å²) in [6, 6.07) is 3.48. The van der Waals surface area contributed by atoms with E-state index in [1.54, 1.807) is 0 Å². The van der Waals surface area contributed by atoms with Crippen LogP contribution in [0.1, 0.15) is 30.1 Å². The molecule has 1 saturated heterocycles. The maximum absolute atomic E-state index is 13.7. The lowest BCUT2D eigenvalue weighted by Crippen LogP contribution is -2.37. The molecule has 110 valence electrons. The molecule has 0 N–H and O–H groups in total. The van der Waals surface area contributed by atoms with Crippen molar-refractivity contribution in [2.45, 2.75) is 19.8 Å².